The van der Waals surface area contributed by atoms with Crippen molar-refractivity contribution in [2.24, 2.45) is 5.92 Å². The molecule has 3 rings (SSSR count). The molecule has 2 aliphatic rings. The summed E-state index contributed by atoms with van der Waals surface area (Å²) in [4.78, 5) is 14.4. The fraction of sp³-hybridized carbons (Fsp3) is 0.688. The fourth-order valence-electron chi connectivity index (χ4n) is 3.02. The quantitative estimate of drug-likeness (QED) is 0.739. The molecule has 0 radical (unpaired) electrons. The Hall–Kier alpha value is -1.53. The van der Waals surface area contributed by atoms with Crippen LogP contribution < -0.4 is 10.6 Å². The molecule has 1 aromatic rings. The zero-order valence-corrected chi connectivity index (χ0v) is 13.0. The molecule has 2 atom stereocenters. The second-order valence-electron chi connectivity index (χ2n) is 6.70. The Kier molecular flexibility index (Phi) is 4.40. The number of hydrogen-bond donors (Lipinski definition) is 3. The SMILES string of the molecule is C[C@](O)(CNC(=O)NC[C@H]1CCN(C2CC2)C1)c1ccco1. The number of carbonyl (C=O) groups is 1. The Morgan fingerprint density at radius 1 is 1.45 bits per heavy atom. The van der Waals surface area contributed by atoms with E-state index in [-0.39, 0.29) is 12.6 Å². The van der Waals surface area contributed by atoms with Gasteiger partial charge in [-0.2, -0.15) is 0 Å². The van der Waals surface area contributed by atoms with Crippen LogP contribution in [0.3, 0.4) is 0 Å². The van der Waals surface area contributed by atoms with Crippen molar-refractivity contribution in [3.8, 4) is 0 Å². The van der Waals surface area contributed by atoms with Gasteiger partial charge in [-0.3, -0.25) is 0 Å². The van der Waals surface area contributed by atoms with Gasteiger partial charge in [-0.1, -0.05) is 0 Å². The maximum Gasteiger partial charge on any atom is 0.314 e. The molecule has 2 fully saturated rings. The highest BCUT2D eigenvalue weighted by Gasteiger charge is 2.34. The number of furan rings is 1. The molecule has 0 bridgehead atoms. The highest BCUT2D eigenvalue weighted by molar-refractivity contribution is 5.73. The number of nitrogens with zero attached hydrogens (tertiary/aromatic N) is 1. The summed E-state index contributed by atoms with van der Waals surface area (Å²) in [5.74, 6) is 0.987. The van der Waals surface area contributed by atoms with Crippen molar-refractivity contribution >= 4 is 6.03 Å². The van der Waals surface area contributed by atoms with Crippen LogP contribution in [-0.4, -0.2) is 48.3 Å². The zero-order chi connectivity index (χ0) is 15.6. The van der Waals surface area contributed by atoms with Gasteiger partial charge in [-0.25, -0.2) is 4.79 Å². The maximum absolute atomic E-state index is 11.9. The first-order valence-electron chi connectivity index (χ1n) is 8.07. The van der Waals surface area contributed by atoms with Crippen molar-refractivity contribution < 1.29 is 14.3 Å². The van der Waals surface area contributed by atoms with Crippen LogP contribution in [0.1, 0.15) is 31.9 Å². The van der Waals surface area contributed by atoms with E-state index in [2.05, 4.69) is 15.5 Å². The topological polar surface area (TPSA) is 77.7 Å². The molecule has 1 saturated carbocycles. The number of nitrogens with one attached hydrogen (secondary N) is 2. The molecular weight excluding hydrogens is 282 g/mol. The summed E-state index contributed by atoms with van der Waals surface area (Å²) in [6.45, 7) is 4.68. The van der Waals surface area contributed by atoms with Crippen LogP contribution in [0.2, 0.25) is 0 Å². The van der Waals surface area contributed by atoms with Crippen molar-refractivity contribution in [2.45, 2.75) is 37.8 Å². The lowest BCUT2D eigenvalue weighted by molar-refractivity contribution is 0.0367. The van der Waals surface area contributed by atoms with Gasteiger partial charge >= 0.3 is 6.03 Å². The summed E-state index contributed by atoms with van der Waals surface area (Å²) < 4.78 is 5.18. The van der Waals surface area contributed by atoms with E-state index in [4.69, 9.17) is 4.42 Å². The molecule has 2 amide bonds. The summed E-state index contributed by atoms with van der Waals surface area (Å²) in [7, 11) is 0. The number of urea groups is 1. The molecule has 122 valence electrons. The van der Waals surface area contributed by atoms with Gasteiger partial charge in [0.2, 0.25) is 0 Å². The Balaban J connectivity index is 1.36. The molecule has 1 saturated heterocycles. The molecule has 22 heavy (non-hydrogen) atoms. The van der Waals surface area contributed by atoms with Crippen molar-refractivity contribution in [3.63, 3.8) is 0 Å². The van der Waals surface area contributed by atoms with Gasteiger partial charge in [0.1, 0.15) is 11.4 Å². The molecular formula is C16H25N3O3. The second-order valence-corrected chi connectivity index (χ2v) is 6.70. The monoisotopic (exact) mass is 307 g/mol. The van der Waals surface area contributed by atoms with Crippen LogP contribution in [0.25, 0.3) is 0 Å². The lowest BCUT2D eigenvalue weighted by atomic mass is 10.0. The van der Waals surface area contributed by atoms with Crippen molar-refractivity contribution in [2.75, 3.05) is 26.2 Å². The van der Waals surface area contributed by atoms with Crippen molar-refractivity contribution in [1.29, 1.82) is 0 Å². The summed E-state index contributed by atoms with van der Waals surface area (Å²) in [6, 6.07) is 3.99. The minimum Gasteiger partial charge on any atom is -0.466 e. The first-order valence-corrected chi connectivity index (χ1v) is 8.07. The van der Waals surface area contributed by atoms with E-state index in [1.54, 1.807) is 19.1 Å². The van der Waals surface area contributed by atoms with Gasteiger partial charge in [-0.15, -0.1) is 0 Å². The second kappa shape index (κ2) is 6.30. The molecule has 2 heterocycles. The van der Waals surface area contributed by atoms with Crippen LogP contribution in [0.5, 0.6) is 0 Å². The number of hydrogen-bond acceptors (Lipinski definition) is 4. The number of aliphatic hydroxyl groups is 1. The van der Waals surface area contributed by atoms with E-state index in [0.29, 0.717) is 18.2 Å². The maximum atomic E-state index is 11.9. The summed E-state index contributed by atoms with van der Waals surface area (Å²) in [5.41, 5.74) is -1.20. The molecule has 1 aliphatic carbocycles. The van der Waals surface area contributed by atoms with Crippen LogP contribution in [0, 0.1) is 5.92 Å². The molecule has 3 N–H and O–H groups in total. The highest BCUT2D eigenvalue weighted by atomic mass is 16.4. The van der Waals surface area contributed by atoms with E-state index in [9.17, 15) is 9.90 Å². The van der Waals surface area contributed by atoms with E-state index < -0.39 is 5.60 Å². The lowest BCUT2D eigenvalue weighted by Crippen LogP contribution is -2.44. The average molecular weight is 307 g/mol. The van der Waals surface area contributed by atoms with Crippen molar-refractivity contribution in [3.05, 3.63) is 24.2 Å². The van der Waals surface area contributed by atoms with Crippen LogP contribution >= 0.6 is 0 Å². The van der Waals surface area contributed by atoms with Gasteiger partial charge in [0.25, 0.3) is 0 Å². The third kappa shape index (κ3) is 3.81. The molecule has 0 spiro atoms. The molecule has 0 unspecified atom stereocenters. The highest BCUT2D eigenvalue weighted by Crippen LogP contribution is 2.31. The molecule has 1 aromatic heterocycles. The Morgan fingerprint density at radius 3 is 2.95 bits per heavy atom. The van der Waals surface area contributed by atoms with Crippen LogP contribution in [0.15, 0.2) is 22.8 Å². The average Bonchev–Trinajstić information content (AvgIpc) is 3.02. The molecule has 6 heteroatoms. The summed E-state index contributed by atoms with van der Waals surface area (Å²) in [6.07, 6.45) is 5.33. The van der Waals surface area contributed by atoms with Crippen molar-refractivity contribution in [1.82, 2.24) is 15.5 Å². The number of rotatable bonds is 6. The summed E-state index contributed by atoms with van der Waals surface area (Å²) in [5, 5.41) is 15.9. The standard InChI is InChI=1S/C16H25N3O3/c1-16(21,14-3-2-8-22-14)11-18-15(20)17-9-12-6-7-19(10-12)13-4-5-13/h2-3,8,12-13,21H,4-7,9-11H2,1H3,(H2,17,18,20)/t12-,16+/m1/s1. The Labute approximate surface area is 130 Å². The van der Waals surface area contributed by atoms with Crippen LogP contribution in [-0.2, 0) is 5.60 Å². The first-order chi connectivity index (χ1) is 10.5. The van der Waals surface area contributed by atoms with E-state index in [0.717, 1.165) is 25.6 Å². The fourth-order valence-corrected chi connectivity index (χ4v) is 3.02. The Morgan fingerprint density at radius 2 is 2.27 bits per heavy atom. The van der Waals surface area contributed by atoms with Gasteiger partial charge in [-0.05, 0) is 50.8 Å². The van der Waals surface area contributed by atoms with E-state index in [1.807, 2.05) is 0 Å². The van der Waals surface area contributed by atoms with E-state index >= 15 is 0 Å². The zero-order valence-electron chi connectivity index (χ0n) is 13.0. The van der Waals surface area contributed by atoms with Crippen LogP contribution in [0.4, 0.5) is 4.79 Å². The smallest absolute Gasteiger partial charge is 0.314 e. The molecule has 0 aromatic carbocycles. The van der Waals surface area contributed by atoms with E-state index in [1.165, 1.54) is 19.1 Å². The van der Waals surface area contributed by atoms with Gasteiger partial charge < -0.3 is 25.1 Å². The van der Waals surface area contributed by atoms with Gasteiger partial charge in [0.05, 0.1) is 12.8 Å². The Bertz CT molecular complexity index is 497. The normalized spacial score (nSPS) is 24.9. The van der Waals surface area contributed by atoms with Gasteiger partial charge in [0.15, 0.2) is 0 Å². The molecule has 1 aliphatic heterocycles. The number of carbonyl (C=O) groups excluding carboxylic acids is 1. The number of amides is 2. The number of likely N-dealkylation sites (tertiary alicyclic amines) is 1. The third-order valence-electron chi connectivity index (χ3n) is 4.58. The minimum absolute atomic E-state index is 0.116. The third-order valence-corrected chi connectivity index (χ3v) is 4.58. The first kappa shape index (κ1) is 15.4. The largest absolute Gasteiger partial charge is 0.466 e. The molecule has 6 nitrogen and oxygen atoms in total. The minimum atomic E-state index is -1.20. The van der Waals surface area contributed by atoms with Gasteiger partial charge in [0, 0.05) is 19.1 Å². The lowest BCUT2D eigenvalue weighted by Gasteiger charge is -2.21. The predicted molar refractivity (Wildman–Crippen MR) is 82.4 cm³/mol. The predicted octanol–water partition coefficient (Wildman–Crippen LogP) is 1.27. The summed E-state index contributed by atoms with van der Waals surface area (Å²) >= 11 is 0.